The van der Waals surface area contributed by atoms with Crippen LogP contribution in [-0.2, 0) is 16.0 Å². The summed E-state index contributed by atoms with van der Waals surface area (Å²) in [6, 6.07) is 6.32. The first-order valence-electron chi connectivity index (χ1n) is 9.61. The zero-order valence-electron chi connectivity index (χ0n) is 15.8. The van der Waals surface area contributed by atoms with Crippen LogP contribution in [0.2, 0.25) is 0 Å². The number of carbonyl (C=O) groups is 2. The van der Waals surface area contributed by atoms with Gasteiger partial charge in [-0.1, -0.05) is 17.3 Å². The first kappa shape index (κ1) is 18.6. The van der Waals surface area contributed by atoms with E-state index >= 15 is 0 Å². The second-order valence-corrected chi connectivity index (χ2v) is 7.66. The fourth-order valence-corrected chi connectivity index (χ4v) is 4.06. The Labute approximate surface area is 162 Å². The van der Waals surface area contributed by atoms with E-state index in [1.165, 1.54) is 6.07 Å². The topological polar surface area (TPSA) is 79.5 Å². The molecule has 2 amide bonds. The first-order chi connectivity index (χ1) is 13.5. The number of benzene rings is 1. The summed E-state index contributed by atoms with van der Waals surface area (Å²) in [5.74, 6) is 0.352. The van der Waals surface area contributed by atoms with Gasteiger partial charge in [-0.15, -0.1) is 0 Å². The van der Waals surface area contributed by atoms with Crippen LogP contribution in [0.25, 0.3) is 11.4 Å². The van der Waals surface area contributed by atoms with Crippen LogP contribution in [-0.4, -0.2) is 58.4 Å². The summed E-state index contributed by atoms with van der Waals surface area (Å²) in [6.07, 6.45) is 2.72. The number of hydrogen-bond donors (Lipinski definition) is 0. The van der Waals surface area contributed by atoms with Crippen molar-refractivity contribution in [3.63, 3.8) is 0 Å². The summed E-state index contributed by atoms with van der Waals surface area (Å²) in [5.41, 5.74) is 0.313. The molecule has 2 atom stereocenters. The Morgan fingerprint density at radius 2 is 2.14 bits per heavy atom. The molecule has 2 unspecified atom stereocenters. The summed E-state index contributed by atoms with van der Waals surface area (Å²) in [7, 11) is 1.73. The van der Waals surface area contributed by atoms with Crippen molar-refractivity contribution in [2.24, 2.45) is 11.8 Å². The summed E-state index contributed by atoms with van der Waals surface area (Å²) < 4.78 is 19.2. The average Bonchev–Trinajstić information content (AvgIpc) is 3.28. The molecule has 0 N–H and O–H groups in total. The number of carbonyl (C=O) groups excluding carboxylic acids is 2. The lowest BCUT2D eigenvalue weighted by Crippen LogP contribution is -2.44. The minimum Gasteiger partial charge on any atom is -0.345 e. The minimum absolute atomic E-state index is 0.0263. The molecule has 0 spiro atoms. The van der Waals surface area contributed by atoms with E-state index in [0.29, 0.717) is 43.9 Å². The summed E-state index contributed by atoms with van der Waals surface area (Å²) in [6.45, 7) is 1.83. The van der Waals surface area contributed by atoms with Crippen LogP contribution in [0.3, 0.4) is 0 Å². The van der Waals surface area contributed by atoms with Gasteiger partial charge in [-0.3, -0.25) is 9.59 Å². The van der Waals surface area contributed by atoms with Gasteiger partial charge in [0.15, 0.2) is 0 Å². The van der Waals surface area contributed by atoms with Crippen molar-refractivity contribution in [2.45, 2.75) is 25.7 Å². The molecular weight excluding hydrogens is 363 g/mol. The highest BCUT2D eigenvalue weighted by atomic mass is 19.1. The zero-order valence-corrected chi connectivity index (χ0v) is 15.8. The van der Waals surface area contributed by atoms with E-state index in [2.05, 4.69) is 10.1 Å². The Hall–Kier alpha value is -2.77. The Morgan fingerprint density at radius 3 is 2.89 bits per heavy atom. The fraction of sp³-hybridized carbons (Fsp3) is 0.500. The molecule has 2 aliphatic heterocycles. The maximum absolute atomic E-state index is 13.9. The van der Waals surface area contributed by atoms with Gasteiger partial charge < -0.3 is 14.3 Å². The molecule has 1 aromatic heterocycles. The van der Waals surface area contributed by atoms with E-state index in [-0.39, 0.29) is 35.3 Å². The zero-order chi connectivity index (χ0) is 19.7. The van der Waals surface area contributed by atoms with E-state index in [0.717, 1.165) is 12.8 Å². The van der Waals surface area contributed by atoms with Crippen LogP contribution in [0.1, 0.15) is 25.2 Å². The van der Waals surface area contributed by atoms with E-state index in [1.807, 2.05) is 4.90 Å². The molecule has 0 radical (unpaired) electrons. The molecule has 0 aliphatic carbocycles. The predicted octanol–water partition coefficient (Wildman–Crippen LogP) is 2.14. The molecule has 2 aliphatic rings. The number of hydrogen-bond acceptors (Lipinski definition) is 5. The largest absolute Gasteiger partial charge is 0.345 e. The van der Waals surface area contributed by atoms with Crippen molar-refractivity contribution in [3.05, 3.63) is 36.0 Å². The molecule has 4 rings (SSSR count). The minimum atomic E-state index is -0.389. The molecule has 28 heavy (non-hydrogen) atoms. The summed E-state index contributed by atoms with van der Waals surface area (Å²) >= 11 is 0. The van der Waals surface area contributed by atoms with Gasteiger partial charge in [-0.2, -0.15) is 4.98 Å². The van der Waals surface area contributed by atoms with Gasteiger partial charge >= 0.3 is 0 Å². The number of amides is 2. The SMILES string of the molecule is CN1CC(C(=O)N2CCCC(Cc3nc(-c4ccccc4F)no3)C2)CC1=O. The Bertz CT molecular complexity index is 884. The maximum atomic E-state index is 13.9. The molecule has 2 aromatic rings. The molecule has 8 heteroatoms. The highest BCUT2D eigenvalue weighted by Crippen LogP contribution is 2.26. The van der Waals surface area contributed by atoms with Crippen LogP contribution in [0, 0.1) is 17.7 Å². The number of piperidine rings is 1. The smallest absolute Gasteiger partial charge is 0.228 e. The van der Waals surface area contributed by atoms with Crippen molar-refractivity contribution in [1.82, 2.24) is 19.9 Å². The van der Waals surface area contributed by atoms with E-state index < -0.39 is 0 Å². The van der Waals surface area contributed by atoms with E-state index in [4.69, 9.17) is 4.52 Å². The second-order valence-electron chi connectivity index (χ2n) is 7.66. The van der Waals surface area contributed by atoms with Gasteiger partial charge in [-0.05, 0) is 30.9 Å². The van der Waals surface area contributed by atoms with Gasteiger partial charge in [-0.25, -0.2) is 4.39 Å². The highest BCUT2D eigenvalue weighted by Gasteiger charge is 2.36. The average molecular weight is 386 g/mol. The third-order valence-corrected chi connectivity index (χ3v) is 5.57. The molecule has 3 heterocycles. The number of aromatic nitrogens is 2. The lowest BCUT2D eigenvalue weighted by molar-refractivity contribution is -0.137. The molecule has 2 saturated heterocycles. The third-order valence-electron chi connectivity index (χ3n) is 5.57. The third kappa shape index (κ3) is 3.76. The van der Waals surface area contributed by atoms with Crippen LogP contribution in [0.15, 0.2) is 28.8 Å². The van der Waals surface area contributed by atoms with Crippen molar-refractivity contribution in [2.75, 3.05) is 26.7 Å². The number of halogens is 1. The van der Waals surface area contributed by atoms with Crippen molar-refractivity contribution in [1.29, 1.82) is 0 Å². The maximum Gasteiger partial charge on any atom is 0.228 e. The Balaban J connectivity index is 1.39. The van der Waals surface area contributed by atoms with Gasteiger partial charge in [0, 0.05) is 39.5 Å². The van der Waals surface area contributed by atoms with Gasteiger partial charge in [0.1, 0.15) is 5.82 Å². The number of nitrogens with zero attached hydrogens (tertiary/aromatic N) is 4. The monoisotopic (exact) mass is 386 g/mol. The number of rotatable bonds is 4. The van der Waals surface area contributed by atoms with Gasteiger partial charge in [0.2, 0.25) is 23.5 Å². The lowest BCUT2D eigenvalue weighted by atomic mass is 9.93. The van der Waals surface area contributed by atoms with Gasteiger partial charge in [0.25, 0.3) is 0 Å². The second kappa shape index (κ2) is 7.69. The van der Waals surface area contributed by atoms with Gasteiger partial charge in [0.05, 0.1) is 11.5 Å². The van der Waals surface area contributed by atoms with Crippen LogP contribution >= 0.6 is 0 Å². The normalized spacial score (nSPS) is 22.7. The summed E-state index contributed by atoms with van der Waals surface area (Å²) in [5, 5.41) is 3.90. The van der Waals surface area contributed by atoms with Crippen molar-refractivity contribution >= 4 is 11.8 Å². The standard InChI is InChI=1S/C20H23FN4O3/c1-24-12-14(10-18(24)26)20(27)25-8-4-5-13(11-25)9-17-22-19(23-28-17)15-6-2-3-7-16(15)21/h2-3,6-7,13-14H,4-5,8-12H2,1H3. The van der Waals surface area contributed by atoms with Crippen molar-refractivity contribution in [3.8, 4) is 11.4 Å². The predicted molar refractivity (Wildman–Crippen MR) is 98.4 cm³/mol. The molecule has 2 fully saturated rings. The molecule has 0 bridgehead atoms. The van der Waals surface area contributed by atoms with E-state index in [1.54, 1.807) is 30.1 Å². The highest BCUT2D eigenvalue weighted by molar-refractivity contribution is 5.89. The molecule has 148 valence electrons. The molecular formula is C20H23FN4O3. The lowest BCUT2D eigenvalue weighted by Gasteiger charge is -2.33. The summed E-state index contributed by atoms with van der Waals surface area (Å²) in [4.78, 5) is 32.3. The first-order valence-corrected chi connectivity index (χ1v) is 9.61. The molecule has 0 saturated carbocycles. The number of likely N-dealkylation sites (tertiary alicyclic amines) is 2. The molecule has 7 nitrogen and oxygen atoms in total. The van der Waals surface area contributed by atoms with Crippen LogP contribution < -0.4 is 0 Å². The fourth-order valence-electron chi connectivity index (χ4n) is 4.06. The Kier molecular flexibility index (Phi) is 5.11. The van der Waals surface area contributed by atoms with E-state index in [9.17, 15) is 14.0 Å². The Morgan fingerprint density at radius 1 is 1.32 bits per heavy atom. The van der Waals surface area contributed by atoms with Crippen LogP contribution in [0.4, 0.5) is 4.39 Å². The quantitative estimate of drug-likeness (QED) is 0.804. The van der Waals surface area contributed by atoms with Crippen molar-refractivity contribution < 1.29 is 18.5 Å². The molecule has 1 aromatic carbocycles. The van der Waals surface area contributed by atoms with Crippen LogP contribution in [0.5, 0.6) is 0 Å².